The molecular weight excluding hydrogens is 328 g/mol. The Morgan fingerprint density at radius 2 is 1.76 bits per heavy atom. The van der Waals surface area contributed by atoms with Crippen molar-refractivity contribution in [1.29, 1.82) is 0 Å². The predicted molar refractivity (Wildman–Crippen MR) is 88.4 cm³/mol. The third-order valence-electron chi connectivity index (χ3n) is 4.12. The SMILES string of the molecule is O=C(COC(=O)c1ccc2c(c1)CCCC2)Nc1cc(F)ccc1F. The van der Waals surface area contributed by atoms with Gasteiger partial charge >= 0.3 is 5.97 Å². The molecule has 1 aliphatic carbocycles. The highest BCUT2D eigenvalue weighted by atomic mass is 19.1. The second kappa shape index (κ2) is 7.42. The molecule has 1 N–H and O–H groups in total. The third-order valence-corrected chi connectivity index (χ3v) is 4.12. The van der Waals surface area contributed by atoms with Crippen molar-refractivity contribution in [2.24, 2.45) is 0 Å². The highest BCUT2D eigenvalue weighted by molar-refractivity contribution is 5.95. The number of esters is 1. The second-order valence-electron chi connectivity index (χ2n) is 5.94. The number of fused-ring (bicyclic) bond motifs is 1. The van der Waals surface area contributed by atoms with E-state index in [-0.39, 0.29) is 5.69 Å². The van der Waals surface area contributed by atoms with E-state index in [1.807, 2.05) is 6.07 Å². The van der Waals surface area contributed by atoms with Gasteiger partial charge in [-0.2, -0.15) is 0 Å². The van der Waals surface area contributed by atoms with Gasteiger partial charge in [0.15, 0.2) is 6.61 Å². The Bertz CT molecular complexity index is 820. The lowest BCUT2D eigenvalue weighted by Crippen LogP contribution is -2.21. The number of hydrogen-bond donors (Lipinski definition) is 1. The Balaban J connectivity index is 1.58. The van der Waals surface area contributed by atoms with Gasteiger partial charge in [0.1, 0.15) is 11.6 Å². The van der Waals surface area contributed by atoms with Gasteiger partial charge in [-0.15, -0.1) is 0 Å². The number of ether oxygens (including phenoxy) is 1. The van der Waals surface area contributed by atoms with Gasteiger partial charge in [-0.1, -0.05) is 6.07 Å². The Morgan fingerprint density at radius 1 is 1.00 bits per heavy atom. The number of halogens is 2. The number of rotatable bonds is 4. The minimum Gasteiger partial charge on any atom is -0.452 e. The Morgan fingerprint density at radius 3 is 2.56 bits per heavy atom. The van der Waals surface area contributed by atoms with Crippen LogP contribution in [0.5, 0.6) is 0 Å². The third kappa shape index (κ3) is 4.21. The smallest absolute Gasteiger partial charge is 0.338 e. The number of nitrogens with one attached hydrogen (secondary N) is 1. The lowest BCUT2D eigenvalue weighted by atomic mass is 9.90. The van der Waals surface area contributed by atoms with Crippen LogP contribution in [0.2, 0.25) is 0 Å². The van der Waals surface area contributed by atoms with Crippen LogP contribution in [0.25, 0.3) is 0 Å². The zero-order valence-electron chi connectivity index (χ0n) is 13.5. The zero-order valence-corrected chi connectivity index (χ0v) is 13.5. The quantitative estimate of drug-likeness (QED) is 0.861. The number of benzene rings is 2. The molecule has 0 saturated carbocycles. The summed E-state index contributed by atoms with van der Waals surface area (Å²) < 4.78 is 31.5. The maximum absolute atomic E-state index is 13.5. The average Bonchev–Trinajstić information content (AvgIpc) is 2.62. The number of carbonyl (C=O) groups is 2. The van der Waals surface area contributed by atoms with Gasteiger partial charge < -0.3 is 10.1 Å². The molecule has 6 heteroatoms. The molecule has 0 spiro atoms. The van der Waals surface area contributed by atoms with Crippen LogP contribution in [0, 0.1) is 11.6 Å². The first-order chi connectivity index (χ1) is 12.0. The topological polar surface area (TPSA) is 55.4 Å². The highest BCUT2D eigenvalue weighted by Gasteiger charge is 2.15. The van der Waals surface area contributed by atoms with Crippen LogP contribution in [-0.2, 0) is 22.4 Å². The van der Waals surface area contributed by atoms with Crippen molar-refractivity contribution in [3.8, 4) is 0 Å². The molecule has 0 saturated heterocycles. The predicted octanol–water partition coefficient (Wildman–Crippen LogP) is 3.64. The van der Waals surface area contributed by atoms with Crippen molar-refractivity contribution < 1.29 is 23.1 Å². The molecule has 1 aliphatic rings. The fourth-order valence-electron chi connectivity index (χ4n) is 2.85. The number of amides is 1. The first kappa shape index (κ1) is 17.1. The van der Waals surface area contributed by atoms with E-state index >= 15 is 0 Å². The van der Waals surface area contributed by atoms with Crippen LogP contribution < -0.4 is 5.32 Å². The van der Waals surface area contributed by atoms with Crippen molar-refractivity contribution in [3.05, 3.63) is 64.7 Å². The lowest BCUT2D eigenvalue weighted by molar-refractivity contribution is -0.119. The van der Waals surface area contributed by atoms with Crippen molar-refractivity contribution in [2.45, 2.75) is 25.7 Å². The minimum atomic E-state index is -0.768. The van der Waals surface area contributed by atoms with Gasteiger partial charge in [-0.3, -0.25) is 4.79 Å². The summed E-state index contributed by atoms with van der Waals surface area (Å²) in [5.74, 6) is -2.81. The molecule has 3 rings (SSSR count). The Labute approximate surface area is 143 Å². The van der Waals surface area contributed by atoms with E-state index in [9.17, 15) is 18.4 Å². The second-order valence-corrected chi connectivity index (χ2v) is 5.94. The van der Waals surface area contributed by atoms with Crippen molar-refractivity contribution in [1.82, 2.24) is 0 Å². The molecule has 2 aromatic rings. The molecule has 0 unspecified atom stereocenters. The monoisotopic (exact) mass is 345 g/mol. The molecule has 4 nitrogen and oxygen atoms in total. The van der Waals surface area contributed by atoms with E-state index in [0.717, 1.165) is 49.4 Å². The summed E-state index contributed by atoms with van der Waals surface area (Å²) in [5.41, 5.74) is 2.45. The Hall–Kier alpha value is -2.76. The molecule has 0 radical (unpaired) electrons. The normalized spacial score (nSPS) is 13.0. The molecule has 25 heavy (non-hydrogen) atoms. The van der Waals surface area contributed by atoms with Crippen LogP contribution in [-0.4, -0.2) is 18.5 Å². The van der Waals surface area contributed by atoms with E-state index < -0.39 is 30.1 Å². The molecule has 0 fully saturated rings. The summed E-state index contributed by atoms with van der Waals surface area (Å²) in [4.78, 5) is 23.8. The van der Waals surface area contributed by atoms with Gasteiger partial charge in [-0.05, 0) is 61.1 Å². The molecule has 0 aliphatic heterocycles. The molecule has 0 bridgehead atoms. The van der Waals surface area contributed by atoms with Gasteiger partial charge in [-0.25, -0.2) is 13.6 Å². The summed E-state index contributed by atoms with van der Waals surface area (Å²) >= 11 is 0. The largest absolute Gasteiger partial charge is 0.452 e. The van der Waals surface area contributed by atoms with Gasteiger partial charge in [0.2, 0.25) is 0 Å². The Kier molecular flexibility index (Phi) is 5.07. The number of aryl methyl sites for hydroxylation is 2. The molecular formula is C19H17F2NO3. The van der Waals surface area contributed by atoms with Crippen molar-refractivity contribution >= 4 is 17.6 Å². The standard InChI is InChI=1S/C19H17F2NO3/c20-15-7-8-16(21)17(10-15)22-18(23)11-25-19(24)14-6-5-12-3-1-2-4-13(12)9-14/h5-10H,1-4,11H2,(H,22,23). The molecule has 0 aromatic heterocycles. The highest BCUT2D eigenvalue weighted by Crippen LogP contribution is 2.22. The van der Waals surface area contributed by atoms with Crippen molar-refractivity contribution in [3.63, 3.8) is 0 Å². The molecule has 0 atom stereocenters. The number of carbonyl (C=O) groups excluding carboxylic acids is 2. The fraction of sp³-hybridized carbons (Fsp3) is 0.263. The maximum atomic E-state index is 13.5. The van der Waals surface area contributed by atoms with Gasteiger partial charge in [0, 0.05) is 6.07 Å². The van der Waals surface area contributed by atoms with E-state index in [2.05, 4.69) is 5.32 Å². The minimum absolute atomic E-state index is 0.296. The van der Waals surface area contributed by atoms with Crippen molar-refractivity contribution in [2.75, 3.05) is 11.9 Å². The van der Waals surface area contributed by atoms with Crippen LogP contribution in [0.4, 0.5) is 14.5 Å². The number of hydrogen-bond acceptors (Lipinski definition) is 3. The van der Waals surface area contributed by atoms with E-state index in [1.165, 1.54) is 5.56 Å². The molecule has 130 valence electrons. The summed E-state index contributed by atoms with van der Waals surface area (Å²) in [5, 5.41) is 2.18. The average molecular weight is 345 g/mol. The van der Waals surface area contributed by atoms with E-state index in [1.54, 1.807) is 12.1 Å². The van der Waals surface area contributed by atoms with Crippen LogP contribution >= 0.6 is 0 Å². The summed E-state index contributed by atoms with van der Waals surface area (Å²) in [6.45, 7) is -0.578. The number of anilines is 1. The fourth-order valence-corrected chi connectivity index (χ4v) is 2.85. The lowest BCUT2D eigenvalue weighted by Gasteiger charge is -2.16. The van der Waals surface area contributed by atoms with E-state index in [4.69, 9.17) is 4.74 Å². The van der Waals surface area contributed by atoms with Gasteiger partial charge in [0.25, 0.3) is 5.91 Å². The summed E-state index contributed by atoms with van der Waals surface area (Å²) in [7, 11) is 0. The zero-order chi connectivity index (χ0) is 17.8. The molecule has 2 aromatic carbocycles. The molecule has 1 amide bonds. The van der Waals surface area contributed by atoms with Crippen LogP contribution in [0.15, 0.2) is 36.4 Å². The van der Waals surface area contributed by atoms with E-state index in [0.29, 0.717) is 5.56 Å². The van der Waals surface area contributed by atoms with Crippen LogP contribution in [0.3, 0.4) is 0 Å². The summed E-state index contributed by atoms with van der Waals surface area (Å²) in [6.07, 6.45) is 4.17. The maximum Gasteiger partial charge on any atom is 0.338 e. The summed E-state index contributed by atoms with van der Waals surface area (Å²) in [6, 6.07) is 8.09. The van der Waals surface area contributed by atoms with Gasteiger partial charge in [0.05, 0.1) is 11.3 Å². The molecule has 0 heterocycles. The first-order valence-electron chi connectivity index (χ1n) is 8.07. The van der Waals surface area contributed by atoms with Crippen LogP contribution in [0.1, 0.15) is 34.3 Å². The first-order valence-corrected chi connectivity index (χ1v) is 8.07.